The van der Waals surface area contributed by atoms with Gasteiger partial charge in [0.15, 0.2) is 0 Å². The summed E-state index contributed by atoms with van der Waals surface area (Å²) < 4.78 is 32.3. The van der Waals surface area contributed by atoms with Gasteiger partial charge in [-0.1, -0.05) is 48.0 Å². The van der Waals surface area contributed by atoms with Crippen molar-refractivity contribution in [2.24, 2.45) is 0 Å². The van der Waals surface area contributed by atoms with Crippen LogP contribution in [0.15, 0.2) is 59.5 Å². The van der Waals surface area contributed by atoms with Gasteiger partial charge in [-0.2, -0.15) is 4.31 Å². The van der Waals surface area contributed by atoms with Crippen LogP contribution in [-0.4, -0.2) is 44.9 Å². The minimum absolute atomic E-state index is 0.115. The molecule has 2 aromatic rings. The fraction of sp³-hybridized carbons (Fsp3) is 0.350. The lowest BCUT2D eigenvalue weighted by Gasteiger charge is -2.23. The molecule has 2 rings (SSSR count). The van der Waals surface area contributed by atoms with Crippen molar-refractivity contribution in [1.82, 2.24) is 9.62 Å². The van der Waals surface area contributed by atoms with Gasteiger partial charge in [0.1, 0.15) is 0 Å². The minimum atomic E-state index is -3.81. The number of hydrogen-bond acceptors (Lipinski definition) is 4. The number of rotatable bonds is 9. The van der Waals surface area contributed by atoms with Crippen molar-refractivity contribution < 1.29 is 17.9 Å². The van der Waals surface area contributed by atoms with E-state index in [0.29, 0.717) is 6.61 Å². The number of amides is 1. The van der Waals surface area contributed by atoms with Crippen LogP contribution in [0.4, 0.5) is 0 Å². The molecule has 0 aliphatic heterocycles. The first-order chi connectivity index (χ1) is 12.8. The molecule has 0 bridgehead atoms. The molecule has 0 saturated carbocycles. The molecule has 0 aromatic heterocycles. The van der Waals surface area contributed by atoms with Crippen molar-refractivity contribution in [2.45, 2.75) is 31.3 Å². The Bertz CT molecular complexity index is 836. The average molecular weight is 391 g/mol. The van der Waals surface area contributed by atoms with Gasteiger partial charge in [-0.3, -0.25) is 4.79 Å². The van der Waals surface area contributed by atoms with Crippen LogP contribution < -0.4 is 5.32 Å². The van der Waals surface area contributed by atoms with Gasteiger partial charge in [-0.15, -0.1) is 0 Å². The number of sulfonamides is 1. The van der Waals surface area contributed by atoms with Crippen LogP contribution in [0.2, 0.25) is 0 Å². The lowest BCUT2D eigenvalue weighted by Crippen LogP contribution is -2.44. The number of carbonyl (C=O) groups is 1. The van der Waals surface area contributed by atoms with Gasteiger partial charge < -0.3 is 10.1 Å². The Kier molecular flexibility index (Phi) is 7.53. The molecule has 0 heterocycles. The highest BCUT2D eigenvalue weighted by atomic mass is 32.2. The van der Waals surface area contributed by atoms with Gasteiger partial charge in [-0.25, -0.2) is 8.42 Å². The molecule has 1 atom stereocenters. The summed E-state index contributed by atoms with van der Waals surface area (Å²) in [5.74, 6) is -0.369. The summed E-state index contributed by atoms with van der Waals surface area (Å²) in [7, 11) is -2.26. The molecule has 0 radical (unpaired) electrons. The molecule has 0 aliphatic carbocycles. The van der Waals surface area contributed by atoms with E-state index in [9.17, 15) is 13.2 Å². The third kappa shape index (κ3) is 6.16. The van der Waals surface area contributed by atoms with E-state index in [-0.39, 0.29) is 29.9 Å². The van der Waals surface area contributed by atoms with Gasteiger partial charge in [0.25, 0.3) is 0 Å². The van der Waals surface area contributed by atoms with E-state index in [4.69, 9.17) is 4.74 Å². The van der Waals surface area contributed by atoms with Gasteiger partial charge in [-0.05, 0) is 31.5 Å². The Morgan fingerprint density at radius 3 is 2.33 bits per heavy atom. The van der Waals surface area contributed by atoms with E-state index < -0.39 is 10.0 Å². The Labute approximate surface area is 161 Å². The summed E-state index contributed by atoms with van der Waals surface area (Å²) in [6.45, 7) is 3.97. The van der Waals surface area contributed by atoms with Crippen LogP contribution >= 0.6 is 0 Å². The van der Waals surface area contributed by atoms with Gasteiger partial charge in [0, 0.05) is 19.7 Å². The average Bonchev–Trinajstić information content (AvgIpc) is 2.63. The second kappa shape index (κ2) is 9.64. The molecule has 1 amide bonds. The maximum atomic E-state index is 13.1. The van der Waals surface area contributed by atoms with E-state index in [1.54, 1.807) is 32.2 Å². The van der Waals surface area contributed by atoms with Crippen molar-refractivity contribution in [3.05, 3.63) is 65.7 Å². The Hall–Kier alpha value is -2.22. The topological polar surface area (TPSA) is 75.7 Å². The van der Waals surface area contributed by atoms with Crippen LogP contribution in [0.1, 0.15) is 18.1 Å². The zero-order valence-electron chi connectivity index (χ0n) is 15.9. The number of methoxy groups -OCH3 is 1. The molecule has 6 nitrogen and oxygen atoms in total. The second-order valence-corrected chi connectivity index (χ2v) is 8.43. The number of carbonyl (C=O) groups excluding carboxylic acids is 1. The highest BCUT2D eigenvalue weighted by Gasteiger charge is 2.27. The minimum Gasteiger partial charge on any atom is -0.383 e. The van der Waals surface area contributed by atoms with E-state index in [1.165, 1.54) is 16.4 Å². The highest BCUT2D eigenvalue weighted by molar-refractivity contribution is 7.89. The predicted octanol–water partition coefficient (Wildman–Crippen LogP) is 2.34. The number of ether oxygens (including phenoxy) is 1. The van der Waals surface area contributed by atoms with Crippen LogP contribution in [0.5, 0.6) is 0 Å². The zero-order valence-corrected chi connectivity index (χ0v) is 16.7. The van der Waals surface area contributed by atoms with Crippen molar-refractivity contribution in [2.75, 3.05) is 20.3 Å². The lowest BCUT2D eigenvalue weighted by atomic mass is 10.1. The van der Waals surface area contributed by atoms with Crippen molar-refractivity contribution in [1.29, 1.82) is 0 Å². The second-order valence-electron chi connectivity index (χ2n) is 6.50. The monoisotopic (exact) mass is 390 g/mol. The molecule has 0 spiro atoms. The summed E-state index contributed by atoms with van der Waals surface area (Å²) >= 11 is 0. The number of benzene rings is 2. The summed E-state index contributed by atoms with van der Waals surface area (Å²) in [6, 6.07) is 15.5. The van der Waals surface area contributed by atoms with Crippen LogP contribution in [0.3, 0.4) is 0 Å². The third-order valence-electron chi connectivity index (χ3n) is 4.00. The summed E-state index contributed by atoms with van der Waals surface area (Å²) in [4.78, 5) is 12.6. The zero-order chi connectivity index (χ0) is 19.9. The van der Waals surface area contributed by atoms with Gasteiger partial charge in [0.05, 0.1) is 18.0 Å². The summed E-state index contributed by atoms with van der Waals surface area (Å²) in [6.07, 6.45) is 0. The molecule has 2 aromatic carbocycles. The molecule has 7 heteroatoms. The first kappa shape index (κ1) is 21.1. The van der Waals surface area contributed by atoms with E-state index in [0.717, 1.165) is 11.1 Å². The van der Waals surface area contributed by atoms with E-state index in [1.807, 2.05) is 31.2 Å². The summed E-state index contributed by atoms with van der Waals surface area (Å²) in [5, 5.41) is 2.76. The fourth-order valence-corrected chi connectivity index (χ4v) is 4.04. The Morgan fingerprint density at radius 2 is 1.74 bits per heavy atom. The molecular formula is C20H26N2O4S. The normalized spacial score (nSPS) is 12.7. The lowest BCUT2D eigenvalue weighted by molar-refractivity contribution is -0.122. The molecule has 1 N–H and O–H groups in total. The number of nitrogens with zero attached hydrogens (tertiary/aromatic N) is 1. The molecule has 0 unspecified atom stereocenters. The molecule has 146 valence electrons. The summed E-state index contributed by atoms with van der Waals surface area (Å²) in [5.41, 5.74) is 1.90. The van der Waals surface area contributed by atoms with Crippen molar-refractivity contribution in [3.8, 4) is 0 Å². The van der Waals surface area contributed by atoms with Gasteiger partial charge in [0.2, 0.25) is 15.9 Å². The molecule has 27 heavy (non-hydrogen) atoms. The third-order valence-corrected chi connectivity index (χ3v) is 5.81. The number of aryl methyl sites for hydroxylation is 1. The number of hydrogen-bond donors (Lipinski definition) is 1. The molecular weight excluding hydrogens is 364 g/mol. The molecule has 0 aliphatic rings. The predicted molar refractivity (Wildman–Crippen MR) is 105 cm³/mol. The first-order valence-corrected chi connectivity index (χ1v) is 10.2. The maximum Gasteiger partial charge on any atom is 0.243 e. The standard InChI is InChI=1S/C20H26N2O4S/c1-16-9-11-18(12-10-16)13-22(14-20(23)21-17(2)15-26-3)27(24,25)19-7-5-4-6-8-19/h4-12,17H,13-15H2,1-3H3,(H,21,23)/t17-/m1/s1. The molecule has 0 fully saturated rings. The number of nitrogens with one attached hydrogen (secondary N) is 1. The van der Waals surface area contributed by atoms with Crippen molar-refractivity contribution >= 4 is 15.9 Å². The maximum absolute atomic E-state index is 13.1. The smallest absolute Gasteiger partial charge is 0.243 e. The van der Waals surface area contributed by atoms with Crippen LogP contribution in [-0.2, 0) is 26.1 Å². The Balaban J connectivity index is 2.25. The quantitative estimate of drug-likeness (QED) is 0.713. The largest absolute Gasteiger partial charge is 0.383 e. The molecule has 0 saturated heterocycles. The first-order valence-electron chi connectivity index (χ1n) is 8.72. The van der Waals surface area contributed by atoms with Crippen LogP contribution in [0, 0.1) is 6.92 Å². The van der Waals surface area contributed by atoms with Crippen LogP contribution in [0.25, 0.3) is 0 Å². The van der Waals surface area contributed by atoms with E-state index in [2.05, 4.69) is 5.32 Å². The fourth-order valence-electron chi connectivity index (χ4n) is 2.64. The highest BCUT2D eigenvalue weighted by Crippen LogP contribution is 2.18. The van der Waals surface area contributed by atoms with E-state index >= 15 is 0 Å². The van der Waals surface area contributed by atoms with Crippen molar-refractivity contribution in [3.63, 3.8) is 0 Å². The Morgan fingerprint density at radius 1 is 1.11 bits per heavy atom. The van der Waals surface area contributed by atoms with Gasteiger partial charge >= 0.3 is 0 Å². The SMILES string of the molecule is COC[C@@H](C)NC(=O)CN(Cc1ccc(C)cc1)S(=O)(=O)c1ccccc1.